The lowest BCUT2D eigenvalue weighted by Gasteiger charge is -2.36. The van der Waals surface area contributed by atoms with Crippen molar-refractivity contribution in [3.05, 3.63) is 28.8 Å². The molecule has 2 saturated heterocycles. The van der Waals surface area contributed by atoms with Gasteiger partial charge in [0.25, 0.3) is 0 Å². The Kier molecular flexibility index (Phi) is 5.61. The van der Waals surface area contributed by atoms with Gasteiger partial charge in [-0.25, -0.2) is 0 Å². The molecule has 2 aliphatic rings. The first-order valence-electron chi connectivity index (χ1n) is 8.32. The topological polar surface area (TPSA) is 65.0 Å². The lowest BCUT2D eigenvalue weighted by Crippen LogP contribution is -2.52. The van der Waals surface area contributed by atoms with Gasteiger partial charge in [0.05, 0.1) is 19.3 Å². The van der Waals surface area contributed by atoms with Crippen molar-refractivity contribution in [2.75, 3.05) is 39.8 Å². The number of piperazine rings is 1. The van der Waals surface area contributed by atoms with Gasteiger partial charge >= 0.3 is 0 Å². The van der Waals surface area contributed by atoms with Gasteiger partial charge in [0, 0.05) is 49.9 Å². The van der Waals surface area contributed by atoms with Crippen LogP contribution in [0.25, 0.3) is 0 Å². The lowest BCUT2D eigenvalue weighted by molar-refractivity contribution is -0.135. The molecule has 2 heterocycles. The van der Waals surface area contributed by atoms with E-state index in [1.165, 1.54) is 0 Å². The minimum atomic E-state index is -0.407. The molecule has 2 fully saturated rings. The minimum absolute atomic E-state index is 0.103. The molecule has 1 aromatic rings. The molecule has 2 aliphatic heterocycles. The van der Waals surface area contributed by atoms with E-state index in [4.69, 9.17) is 16.3 Å². The predicted octanol–water partition coefficient (Wildman–Crippen LogP) is 0.716. The number of carbonyl (C=O) groups is 1. The average molecular weight is 354 g/mol. The monoisotopic (exact) mass is 353 g/mol. The summed E-state index contributed by atoms with van der Waals surface area (Å²) in [5.74, 6) is 0.939. The Balaban J connectivity index is 1.54. The van der Waals surface area contributed by atoms with E-state index < -0.39 is 6.10 Å². The summed E-state index contributed by atoms with van der Waals surface area (Å²) in [6.07, 6.45) is 0.106. The van der Waals surface area contributed by atoms with Crippen molar-refractivity contribution in [3.8, 4) is 5.75 Å². The number of methoxy groups -OCH3 is 1. The molecule has 1 aromatic carbocycles. The molecular formula is C17H24ClN3O3. The molecule has 7 heteroatoms. The number of ether oxygens (including phenoxy) is 1. The highest BCUT2D eigenvalue weighted by atomic mass is 35.5. The molecule has 0 radical (unpaired) electrons. The molecule has 2 atom stereocenters. The highest BCUT2D eigenvalue weighted by Crippen LogP contribution is 2.24. The number of β-amino-alcohol motifs (C(OH)–C–C–N with tert-alkyl or cyclic N) is 1. The zero-order chi connectivity index (χ0) is 17.1. The van der Waals surface area contributed by atoms with E-state index >= 15 is 0 Å². The summed E-state index contributed by atoms with van der Waals surface area (Å²) in [5.41, 5.74) is 1.06. The van der Waals surface area contributed by atoms with Crippen molar-refractivity contribution in [2.24, 2.45) is 0 Å². The maximum absolute atomic E-state index is 12.5. The molecule has 2 N–H and O–H groups in total. The molecule has 0 aromatic heterocycles. The van der Waals surface area contributed by atoms with Crippen LogP contribution in [0.4, 0.5) is 0 Å². The maximum Gasteiger partial charge on any atom is 0.239 e. The van der Waals surface area contributed by atoms with Crippen LogP contribution >= 0.6 is 11.6 Å². The third kappa shape index (κ3) is 4.00. The molecule has 3 rings (SSSR count). The Morgan fingerprint density at radius 2 is 2.12 bits per heavy atom. The fraction of sp³-hybridized carbons (Fsp3) is 0.588. The molecule has 0 bridgehead atoms. The fourth-order valence-electron chi connectivity index (χ4n) is 3.36. The third-order valence-corrected chi connectivity index (χ3v) is 4.96. The normalized spacial score (nSPS) is 25.0. The van der Waals surface area contributed by atoms with Crippen LogP contribution in [0.2, 0.25) is 5.02 Å². The smallest absolute Gasteiger partial charge is 0.239 e. The van der Waals surface area contributed by atoms with Crippen molar-refractivity contribution >= 4 is 17.5 Å². The minimum Gasteiger partial charge on any atom is -0.496 e. The van der Waals surface area contributed by atoms with Gasteiger partial charge in [-0.2, -0.15) is 0 Å². The van der Waals surface area contributed by atoms with Gasteiger partial charge in [-0.15, -0.1) is 0 Å². The number of halogens is 1. The number of amides is 1. The molecule has 0 saturated carbocycles. The summed E-state index contributed by atoms with van der Waals surface area (Å²) in [5, 5.41) is 13.3. The van der Waals surface area contributed by atoms with Crippen LogP contribution in [-0.2, 0) is 11.3 Å². The van der Waals surface area contributed by atoms with E-state index in [0.29, 0.717) is 31.1 Å². The van der Waals surface area contributed by atoms with Gasteiger partial charge < -0.3 is 20.1 Å². The second-order valence-corrected chi connectivity index (χ2v) is 6.84. The largest absolute Gasteiger partial charge is 0.496 e. The number of hydrogen-bond donors (Lipinski definition) is 2. The van der Waals surface area contributed by atoms with Crippen molar-refractivity contribution in [1.29, 1.82) is 0 Å². The van der Waals surface area contributed by atoms with E-state index in [-0.39, 0.29) is 11.9 Å². The molecule has 24 heavy (non-hydrogen) atoms. The molecule has 0 spiro atoms. The van der Waals surface area contributed by atoms with Crippen LogP contribution < -0.4 is 10.1 Å². The van der Waals surface area contributed by atoms with Crippen LogP contribution in [0.3, 0.4) is 0 Å². The first kappa shape index (κ1) is 17.5. The number of aliphatic hydroxyl groups excluding tert-OH is 1. The standard InChI is InChI=1S/C17H24ClN3O3/c1-24-16-3-2-13(18)8-12(16)11-20-4-6-21(7-5-20)17(23)15-9-14(22)10-19-15/h2-3,8,14-15,19,22H,4-7,9-11H2,1H3/t14-,15+/m1/s1. The van der Waals surface area contributed by atoms with Gasteiger partial charge in [-0.3, -0.25) is 9.69 Å². The fourth-order valence-corrected chi connectivity index (χ4v) is 3.56. The van der Waals surface area contributed by atoms with Crippen molar-refractivity contribution in [3.63, 3.8) is 0 Å². The van der Waals surface area contributed by atoms with E-state index in [2.05, 4.69) is 10.2 Å². The second-order valence-electron chi connectivity index (χ2n) is 6.41. The summed E-state index contributed by atoms with van der Waals surface area (Å²) in [7, 11) is 1.66. The SMILES string of the molecule is COc1ccc(Cl)cc1CN1CCN(C(=O)[C@@H]2C[C@@H](O)CN2)CC1. The second kappa shape index (κ2) is 7.70. The van der Waals surface area contributed by atoms with Crippen LogP contribution in [0.15, 0.2) is 18.2 Å². The van der Waals surface area contributed by atoms with Gasteiger partial charge in [-0.05, 0) is 24.6 Å². The van der Waals surface area contributed by atoms with Crippen LogP contribution in [0, 0.1) is 0 Å². The molecular weight excluding hydrogens is 330 g/mol. The van der Waals surface area contributed by atoms with Gasteiger partial charge in [-0.1, -0.05) is 11.6 Å². The molecule has 0 aliphatic carbocycles. The molecule has 0 unspecified atom stereocenters. The Labute approximate surface area is 147 Å². The molecule has 6 nitrogen and oxygen atoms in total. The summed E-state index contributed by atoms with van der Waals surface area (Å²) >= 11 is 6.09. The zero-order valence-corrected chi connectivity index (χ0v) is 14.6. The Bertz CT molecular complexity index is 590. The summed E-state index contributed by atoms with van der Waals surface area (Å²) in [6.45, 7) is 4.30. The van der Waals surface area contributed by atoms with E-state index in [9.17, 15) is 9.90 Å². The number of hydrogen-bond acceptors (Lipinski definition) is 5. The highest BCUT2D eigenvalue weighted by Gasteiger charge is 2.32. The summed E-state index contributed by atoms with van der Waals surface area (Å²) in [4.78, 5) is 16.6. The number of aliphatic hydroxyl groups is 1. The summed E-state index contributed by atoms with van der Waals surface area (Å²) in [6, 6.07) is 5.40. The van der Waals surface area contributed by atoms with Crippen LogP contribution in [0.1, 0.15) is 12.0 Å². The quantitative estimate of drug-likeness (QED) is 0.835. The van der Waals surface area contributed by atoms with E-state index in [1.807, 2.05) is 23.1 Å². The first-order chi connectivity index (χ1) is 11.6. The molecule has 132 valence electrons. The Morgan fingerprint density at radius 1 is 1.38 bits per heavy atom. The Hall–Kier alpha value is -1.34. The number of nitrogens with one attached hydrogen (secondary N) is 1. The highest BCUT2D eigenvalue weighted by molar-refractivity contribution is 6.30. The van der Waals surface area contributed by atoms with Crippen LogP contribution in [0.5, 0.6) is 5.75 Å². The van der Waals surface area contributed by atoms with E-state index in [1.54, 1.807) is 7.11 Å². The van der Waals surface area contributed by atoms with Gasteiger partial charge in [0.2, 0.25) is 5.91 Å². The number of carbonyl (C=O) groups excluding carboxylic acids is 1. The number of rotatable bonds is 4. The maximum atomic E-state index is 12.5. The van der Waals surface area contributed by atoms with Crippen molar-refractivity contribution in [2.45, 2.75) is 25.1 Å². The molecule has 1 amide bonds. The van der Waals surface area contributed by atoms with Gasteiger partial charge in [0.15, 0.2) is 0 Å². The van der Waals surface area contributed by atoms with E-state index in [0.717, 1.165) is 30.9 Å². The number of nitrogens with zero attached hydrogens (tertiary/aromatic N) is 2. The summed E-state index contributed by atoms with van der Waals surface area (Å²) < 4.78 is 5.40. The first-order valence-corrected chi connectivity index (χ1v) is 8.69. The average Bonchev–Trinajstić information content (AvgIpc) is 3.02. The van der Waals surface area contributed by atoms with Gasteiger partial charge in [0.1, 0.15) is 5.75 Å². The Morgan fingerprint density at radius 3 is 2.75 bits per heavy atom. The van der Waals surface area contributed by atoms with Crippen molar-refractivity contribution in [1.82, 2.24) is 15.1 Å². The predicted molar refractivity (Wildman–Crippen MR) is 92.3 cm³/mol. The number of benzene rings is 1. The van der Waals surface area contributed by atoms with Crippen molar-refractivity contribution < 1.29 is 14.6 Å². The van der Waals surface area contributed by atoms with Crippen LogP contribution in [-0.4, -0.2) is 72.8 Å². The zero-order valence-electron chi connectivity index (χ0n) is 13.9. The third-order valence-electron chi connectivity index (χ3n) is 4.73. The lowest BCUT2D eigenvalue weighted by atomic mass is 10.1.